The van der Waals surface area contributed by atoms with Gasteiger partial charge in [-0.25, -0.2) is 4.68 Å². The van der Waals surface area contributed by atoms with Gasteiger partial charge in [-0.2, -0.15) is 5.26 Å². The molecule has 0 saturated carbocycles. The number of hydrogen-bond donors (Lipinski definition) is 1. The van der Waals surface area contributed by atoms with Crippen molar-refractivity contribution >= 4 is 11.8 Å². The zero-order chi connectivity index (χ0) is 15.1. The molecule has 1 unspecified atom stereocenters. The van der Waals surface area contributed by atoms with Crippen molar-refractivity contribution in [1.82, 2.24) is 25.5 Å². The van der Waals surface area contributed by atoms with Crippen molar-refractivity contribution in [3.63, 3.8) is 0 Å². The number of nitrogens with zero attached hydrogens (tertiary/aromatic N) is 5. The van der Waals surface area contributed by atoms with Crippen LogP contribution in [0.5, 0.6) is 0 Å². The van der Waals surface area contributed by atoms with Gasteiger partial charge in [-0.15, -0.1) is 5.10 Å². The smallest absolute Gasteiger partial charge is 0.209 e. The van der Waals surface area contributed by atoms with E-state index in [-0.39, 0.29) is 0 Å². The zero-order valence-electron chi connectivity index (χ0n) is 12.2. The Hall–Kier alpha value is -1.91. The second kappa shape index (κ2) is 7.20. The second-order valence-corrected chi connectivity index (χ2v) is 5.63. The van der Waals surface area contributed by atoms with Crippen LogP contribution in [-0.4, -0.2) is 32.5 Å². The Morgan fingerprint density at radius 2 is 2.14 bits per heavy atom. The number of benzene rings is 1. The minimum Gasteiger partial charge on any atom is -0.295 e. The molecule has 6 nitrogen and oxygen atoms in total. The molecule has 0 saturated heterocycles. The largest absolute Gasteiger partial charge is 0.295 e. The fourth-order valence-corrected chi connectivity index (χ4v) is 2.95. The summed E-state index contributed by atoms with van der Waals surface area (Å²) in [5.41, 5.74) is 0.219. The van der Waals surface area contributed by atoms with Crippen LogP contribution in [0.15, 0.2) is 35.5 Å². The average molecular weight is 302 g/mol. The van der Waals surface area contributed by atoms with Crippen molar-refractivity contribution in [2.75, 3.05) is 12.3 Å². The van der Waals surface area contributed by atoms with E-state index in [4.69, 9.17) is 0 Å². The first-order valence-electron chi connectivity index (χ1n) is 6.79. The highest BCUT2D eigenvalue weighted by Crippen LogP contribution is 2.28. The molecule has 1 heterocycles. The van der Waals surface area contributed by atoms with Gasteiger partial charge in [-0.1, -0.05) is 49.0 Å². The van der Waals surface area contributed by atoms with Crippen LogP contribution in [0.3, 0.4) is 0 Å². The Balaban J connectivity index is 2.23. The van der Waals surface area contributed by atoms with E-state index in [2.05, 4.69) is 33.8 Å². The summed E-state index contributed by atoms with van der Waals surface area (Å²) in [4.78, 5) is 0. The summed E-state index contributed by atoms with van der Waals surface area (Å²) in [6.07, 6.45) is 0.965. The van der Waals surface area contributed by atoms with Gasteiger partial charge in [0.25, 0.3) is 0 Å². The first kappa shape index (κ1) is 15.5. The number of nitriles is 1. The van der Waals surface area contributed by atoms with E-state index in [9.17, 15) is 5.26 Å². The molecule has 0 fully saturated rings. The molecule has 1 N–H and O–H groups in total. The third kappa shape index (κ3) is 3.60. The third-order valence-corrected chi connectivity index (χ3v) is 4.31. The fraction of sp³-hybridized carbons (Fsp3) is 0.429. The monoisotopic (exact) mass is 302 g/mol. The fourth-order valence-electron chi connectivity index (χ4n) is 1.95. The Labute approximate surface area is 128 Å². The molecule has 0 radical (unpaired) electrons. The topological polar surface area (TPSA) is 79.4 Å². The Kier molecular flexibility index (Phi) is 5.31. The number of aromatic nitrogens is 4. The highest BCUT2D eigenvalue weighted by atomic mass is 32.2. The Morgan fingerprint density at radius 3 is 2.71 bits per heavy atom. The molecule has 0 aliphatic carbocycles. The average Bonchev–Trinajstić information content (AvgIpc) is 2.94. The third-order valence-electron chi connectivity index (χ3n) is 3.13. The van der Waals surface area contributed by atoms with Crippen LogP contribution in [0.25, 0.3) is 0 Å². The Morgan fingerprint density at radius 1 is 1.38 bits per heavy atom. The molecule has 0 aliphatic rings. The normalized spacial score (nSPS) is 13.6. The van der Waals surface area contributed by atoms with Crippen LogP contribution < -0.4 is 5.32 Å². The summed E-state index contributed by atoms with van der Waals surface area (Å²) in [7, 11) is 1.79. The standard InChI is InChI=1S/C14H18N6S/c1-3-9-16-14(10-15,12-7-5-4-6-8-12)11-21-13-17-18-19-20(13)2/h4-8,16H,3,9,11H2,1-2H3. The summed E-state index contributed by atoms with van der Waals surface area (Å²) < 4.78 is 1.61. The molecule has 21 heavy (non-hydrogen) atoms. The maximum Gasteiger partial charge on any atom is 0.209 e. The van der Waals surface area contributed by atoms with E-state index in [1.807, 2.05) is 30.3 Å². The van der Waals surface area contributed by atoms with Crippen molar-refractivity contribution in [2.45, 2.75) is 24.0 Å². The lowest BCUT2D eigenvalue weighted by Crippen LogP contribution is -2.44. The van der Waals surface area contributed by atoms with Crippen LogP contribution in [0.2, 0.25) is 0 Å². The van der Waals surface area contributed by atoms with E-state index in [0.29, 0.717) is 10.9 Å². The van der Waals surface area contributed by atoms with Crippen LogP contribution in [0, 0.1) is 11.3 Å². The minimum atomic E-state index is -0.742. The molecule has 1 aromatic heterocycles. The SMILES string of the molecule is CCCNC(C#N)(CSc1nnnn1C)c1ccccc1. The van der Waals surface area contributed by atoms with Crippen molar-refractivity contribution in [1.29, 1.82) is 5.26 Å². The molecule has 0 aliphatic heterocycles. The highest BCUT2D eigenvalue weighted by Gasteiger charge is 2.32. The van der Waals surface area contributed by atoms with Gasteiger partial charge in [-0.3, -0.25) is 5.32 Å². The minimum absolute atomic E-state index is 0.543. The van der Waals surface area contributed by atoms with Crippen molar-refractivity contribution < 1.29 is 0 Å². The molecule has 2 rings (SSSR count). The number of tetrazole rings is 1. The van der Waals surface area contributed by atoms with Gasteiger partial charge in [0.15, 0.2) is 0 Å². The molecule has 2 aromatic rings. The van der Waals surface area contributed by atoms with Gasteiger partial charge in [0, 0.05) is 12.8 Å². The lowest BCUT2D eigenvalue weighted by Gasteiger charge is -2.27. The molecule has 1 atom stereocenters. The van der Waals surface area contributed by atoms with E-state index in [0.717, 1.165) is 18.5 Å². The van der Waals surface area contributed by atoms with Gasteiger partial charge in [0.1, 0.15) is 5.54 Å². The summed E-state index contributed by atoms with van der Waals surface area (Å²) in [5.74, 6) is 0.543. The lowest BCUT2D eigenvalue weighted by molar-refractivity contribution is 0.473. The molecular weight excluding hydrogens is 284 g/mol. The summed E-state index contributed by atoms with van der Waals surface area (Å²) >= 11 is 1.47. The van der Waals surface area contributed by atoms with Crippen LogP contribution >= 0.6 is 11.8 Å². The number of aryl methyl sites for hydroxylation is 1. The van der Waals surface area contributed by atoms with Gasteiger partial charge in [-0.05, 0) is 29.0 Å². The van der Waals surface area contributed by atoms with Gasteiger partial charge in [0.2, 0.25) is 5.16 Å². The summed E-state index contributed by atoms with van der Waals surface area (Å²) in [6.45, 7) is 2.86. The number of hydrogen-bond acceptors (Lipinski definition) is 6. The van der Waals surface area contributed by atoms with Crippen molar-refractivity contribution in [3.8, 4) is 6.07 Å². The van der Waals surface area contributed by atoms with Crippen LogP contribution in [0.1, 0.15) is 18.9 Å². The molecule has 110 valence electrons. The number of thioether (sulfide) groups is 1. The quantitative estimate of drug-likeness (QED) is 0.785. The van der Waals surface area contributed by atoms with Crippen molar-refractivity contribution in [3.05, 3.63) is 35.9 Å². The van der Waals surface area contributed by atoms with Crippen LogP contribution in [0.4, 0.5) is 0 Å². The molecule has 0 amide bonds. The molecule has 1 aromatic carbocycles. The Bertz CT molecular complexity index is 605. The highest BCUT2D eigenvalue weighted by molar-refractivity contribution is 7.99. The van der Waals surface area contributed by atoms with E-state index in [1.54, 1.807) is 11.7 Å². The molecule has 0 bridgehead atoms. The maximum atomic E-state index is 9.77. The first-order valence-corrected chi connectivity index (χ1v) is 7.77. The van der Waals surface area contributed by atoms with Crippen molar-refractivity contribution in [2.24, 2.45) is 7.05 Å². The van der Waals surface area contributed by atoms with Gasteiger partial charge in [0.05, 0.1) is 6.07 Å². The van der Waals surface area contributed by atoms with E-state index >= 15 is 0 Å². The van der Waals surface area contributed by atoms with E-state index < -0.39 is 5.54 Å². The van der Waals surface area contributed by atoms with E-state index in [1.165, 1.54) is 11.8 Å². The zero-order valence-corrected chi connectivity index (χ0v) is 13.0. The predicted molar refractivity (Wildman–Crippen MR) is 81.5 cm³/mol. The lowest BCUT2D eigenvalue weighted by atomic mass is 9.93. The number of rotatable bonds is 7. The molecule has 0 spiro atoms. The summed E-state index contributed by atoms with van der Waals surface area (Å²) in [5, 5.41) is 25.2. The van der Waals surface area contributed by atoms with Gasteiger partial charge < -0.3 is 0 Å². The van der Waals surface area contributed by atoms with Gasteiger partial charge >= 0.3 is 0 Å². The predicted octanol–water partition coefficient (Wildman–Crippen LogP) is 1.72. The van der Waals surface area contributed by atoms with Crippen LogP contribution in [-0.2, 0) is 12.6 Å². The molecule has 7 heteroatoms. The first-order chi connectivity index (χ1) is 10.2. The number of nitrogens with one attached hydrogen (secondary N) is 1. The maximum absolute atomic E-state index is 9.77. The summed E-state index contributed by atoms with van der Waals surface area (Å²) in [6, 6.07) is 12.2. The molecular formula is C14H18N6S. The second-order valence-electron chi connectivity index (χ2n) is 4.68.